The third-order valence-corrected chi connectivity index (χ3v) is 7.85. The van der Waals surface area contributed by atoms with Crippen molar-refractivity contribution in [3.05, 3.63) is 92.8 Å². The van der Waals surface area contributed by atoms with Gasteiger partial charge < -0.3 is 34.9 Å². The van der Waals surface area contributed by atoms with Crippen molar-refractivity contribution in [1.82, 2.24) is 0 Å². The van der Waals surface area contributed by atoms with E-state index in [1.165, 1.54) is 7.11 Å². The largest absolute Gasteiger partial charge is 0.505 e. The first-order valence-corrected chi connectivity index (χ1v) is 15.8. The summed E-state index contributed by atoms with van der Waals surface area (Å²) in [5.74, 6) is -0.900. The predicted octanol–water partition coefficient (Wildman–Crippen LogP) is 8.41. The third kappa shape index (κ3) is 8.62. The van der Waals surface area contributed by atoms with Crippen LogP contribution in [0, 0.1) is 0 Å². The van der Waals surface area contributed by atoms with Crippen LogP contribution < -0.4 is 21.4 Å². The Bertz CT molecular complexity index is 1890. The van der Waals surface area contributed by atoms with E-state index >= 15 is 0 Å². The number of carbonyl (C=O) groups is 2. The van der Waals surface area contributed by atoms with Crippen LogP contribution in [0.3, 0.4) is 0 Å². The van der Waals surface area contributed by atoms with E-state index in [0.717, 1.165) is 22.8 Å². The molecule has 4 N–H and O–H groups in total. The molecule has 0 radical (unpaired) electrons. The molecule has 0 fully saturated rings. The fourth-order valence-electron chi connectivity index (χ4n) is 5.08. The minimum Gasteiger partial charge on any atom is -0.505 e. The highest BCUT2D eigenvalue weighted by atomic mass is 16.7. The average molecular weight is 658 g/mol. The molecule has 1 aromatic heterocycles. The number of aromatic hydroxyl groups is 1. The number of fused-ring (bicyclic) bond motifs is 1. The summed E-state index contributed by atoms with van der Waals surface area (Å²) in [6.45, 7) is 18.5. The van der Waals surface area contributed by atoms with Crippen LogP contribution in [-0.2, 0) is 32.3 Å². The highest BCUT2D eigenvalue weighted by molar-refractivity contribution is 6.07. The molecule has 0 aliphatic carbocycles. The van der Waals surface area contributed by atoms with Crippen molar-refractivity contribution in [1.29, 1.82) is 0 Å². The zero-order chi connectivity index (χ0) is 35.6. The summed E-state index contributed by atoms with van der Waals surface area (Å²) < 4.78 is 16.4. The third-order valence-electron chi connectivity index (χ3n) is 7.85. The van der Waals surface area contributed by atoms with Crippen LogP contribution in [0.4, 0.5) is 21.9 Å². The van der Waals surface area contributed by atoms with Gasteiger partial charge in [-0.3, -0.25) is 9.59 Å². The Morgan fingerprint density at radius 3 is 2.04 bits per heavy atom. The van der Waals surface area contributed by atoms with Gasteiger partial charge in [-0.2, -0.15) is 0 Å². The molecule has 0 saturated carbocycles. The fourth-order valence-corrected chi connectivity index (χ4v) is 5.08. The number of anilines is 3. The maximum atomic E-state index is 13.6. The van der Waals surface area contributed by atoms with Gasteiger partial charge in [-0.15, -0.1) is 0 Å². The van der Waals surface area contributed by atoms with E-state index in [4.69, 9.17) is 13.9 Å². The fraction of sp³-hybridized carbons (Fsp3) is 0.395. The number of phenols is 1. The summed E-state index contributed by atoms with van der Waals surface area (Å²) in [6, 6.07) is 14.7. The van der Waals surface area contributed by atoms with Gasteiger partial charge in [-0.1, -0.05) is 80.5 Å². The topological polar surface area (TPSA) is 139 Å². The summed E-state index contributed by atoms with van der Waals surface area (Å²) in [5.41, 5.74) is 2.71. The molecule has 0 spiro atoms. The Morgan fingerprint density at radius 2 is 1.42 bits per heavy atom. The van der Waals surface area contributed by atoms with Crippen molar-refractivity contribution in [3.63, 3.8) is 0 Å². The number of hydrogen-bond acceptors (Lipinski definition) is 7. The van der Waals surface area contributed by atoms with E-state index in [-0.39, 0.29) is 58.1 Å². The predicted molar refractivity (Wildman–Crippen MR) is 190 cm³/mol. The minimum absolute atomic E-state index is 0.0289. The molecule has 0 aliphatic heterocycles. The van der Waals surface area contributed by atoms with Gasteiger partial charge in [0.15, 0.2) is 16.8 Å². The molecule has 4 rings (SSSR count). The number of carbonyl (C=O) groups excluding carboxylic acids is 2. The molecule has 0 aliphatic rings. The highest BCUT2D eigenvalue weighted by Crippen LogP contribution is 2.40. The Kier molecular flexibility index (Phi) is 10.4. The van der Waals surface area contributed by atoms with Crippen LogP contribution in [0.1, 0.15) is 95.1 Å². The van der Waals surface area contributed by atoms with Crippen LogP contribution in [0.25, 0.3) is 11.0 Å². The first-order valence-electron chi connectivity index (χ1n) is 15.8. The molecule has 0 atom stereocenters. The summed E-state index contributed by atoms with van der Waals surface area (Å²) in [7, 11) is 1.53. The Hall–Kier alpha value is -4.67. The number of ether oxygens (including phenoxy) is 2. The van der Waals surface area contributed by atoms with Crippen LogP contribution >= 0.6 is 0 Å². The molecule has 0 saturated heterocycles. The second kappa shape index (κ2) is 13.8. The smallest absolute Gasteiger partial charge is 0.323 e. The molecule has 10 nitrogen and oxygen atoms in total. The first-order chi connectivity index (χ1) is 22.3. The SMILES string of the molecule is COCOCc1cccc(NC(=O)c2cc(=O)c3cc(C(C)(C)C)cc(NC(=O)Nc4cc(C(C)(C)C)cc(C(C)(C)C)c4O)c3o2)c1. The lowest BCUT2D eigenvalue weighted by molar-refractivity contribution is -0.0390. The number of rotatable bonds is 8. The molecule has 3 amide bonds. The van der Waals surface area contributed by atoms with Gasteiger partial charge in [-0.05, 0) is 63.3 Å². The van der Waals surface area contributed by atoms with Gasteiger partial charge in [0, 0.05) is 24.4 Å². The minimum atomic E-state index is -0.659. The molecule has 1 heterocycles. The Morgan fingerprint density at radius 1 is 0.792 bits per heavy atom. The number of methoxy groups -OCH3 is 1. The van der Waals surface area contributed by atoms with E-state index in [2.05, 4.69) is 36.7 Å². The van der Waals surface area contributed by atoms with E-state index < -0.39 is 22.8 Å². The van der Waals surface area contributed by atoms with Crippen molar-refractivity contribution in [2.45, 2.75) is 85.2 Å². The number of amides is 3. The summed E-state index contributed by atoms with van der Waals surface area (Å²) in [5, 5.41) is 19.8. The van der Waals surface area contributed by atoms with Gasteiger partial charge >= 0.3 is 6.03 Å². The van der Waals surface area contributed by atoms with Crippen LogP contribution in [0.15, 0.2) is 63.8 Å². The quantitative estimate of drug-likeness (QED) is 0.0848. The number of hydrogen-bond donors (Lipinski definition) is 4. The van der Waals surface area contributed by atoms with Crippen molar-refractivity contribution < 1.29 is 28.6 Å². The molecule has 3 aromatic carbocycles. The van der Waals surface area contributed by atoms with Crippen molar-refractivity contribution in [3.8, 4) is 5.75 Å². The number of benzene rings is 3. The lowest BCUT2D eigenvalue weighted by atomic mass is 9.79. The lowest BCUT2D eigenvalue weighted by Crippen LogP contribution is -2.23. The highest BCUT2D eigenvalue weighted by Gasteiger charge is 2.27. The summed E-state index contributed by atoms with van der Waals surface area (Å²) in [6.07, 6.45) is 0. The second-order valence-corrected chi connectivity index (χ2v) is 15.0. The number of nitrogens with one attached hydrogen (secondary N) is 3. The summed E-state index contributed by atoms with van der Waals surface area (Å²) >= 11 is 0. The summed E-state index contributed by atoms with van der Waals surface area (Å²) in [4.78, 5) is 40.3. The normalized spacial score (nSPS) is 12.2. The van der Waals surface area contributed by atoms with Crippen LogP contribution in [0.5, 0.6) is 5.75 Å². The molecular formula is C38H47N3O7. The van der Waals surface area contributed by atoms with Crippen molar-refractivity contribution >= 4 is 40.0 Å². The number of urea groups is 1. The van der Waals surface area contributed by atoms with Gasteiger partial charge in [0.25, 0.3) is 5.91 Å². The van der Waals surface area contributed by atoms with Gasteiger partial charge in [0.1, 0.15) is 12.5 Å². The monoisotopic (exact) mass is 657 g/mol. The van der Waals surface area contributed by atoms with Crippen LogP contribution in [0.2, 0.25) is 0 Å². The van der Waals surface area contributed by atoms with Crippen LogP contribution in [-0.4, -0.2) is 30.9 Å². The molecule has 256 valence electrons. The zero-order valence-electron chi connectivity index (χ0n) is 29.5. The molecule has 48 heavy (non-hydrogen) atoms. The zero-order valence-corrected chi connectivity index (χ0v) is 29.5. The van der Waals surface area contributed by atoms with Gasteiger partial charge in [0.2, 0.25) is 0 Å². The maximum absolute atomic E-state index is 13.6. The standard InChI is InChI=1S/C38H47N3O7/c1-36(2,3)23-15-26-30(42)19-31(34(44)39-25-13-11-12-22(14-25)20-47-21-46-10)48-33(26)29(18-23)41-35(45)40-28-17-24(37(4,5)6)16-27(32(28)43)38(7,8)9/h11-19,43H,20-21H2,1-10H3,(H,39,44)(H2,40,41,45). The van der Waals surface area contributed by atoms with E-state index in [9.17, 15) is 19.5 Å². The lowest BCUT2D eigenvalue weighted by Gasteiger charge is -2.27. The second-order valence-electron chi connectivity index (χ2n) is 15.0. The van der Waals surface area contributed by atoms with E-state index in [1.54, 1.807) is 36.4 Å². The molecule has 4 aromatic rings. The first kappa shape index (κ1) is 36.2. The Balaban J connectivity index is 1.72. The van der Waals surface area contributed by atoms with E-state index in [1.807, 2.05) is 53.7 Å². The van der Waals surface area contributed by atoms with Crippen molar-refractivity contribution in [2.75, 3.05) is 29.9 Å². The molecule has 0 unspecified atom stereocenters. The average Bonchev–Trinajstić information content (AvgIpc) is 2.97. The Labute approximate surface area is 281 Å². The van der Waals surface area contributed by atoms with E-state index in [0.29, 0.717) is 11.3 Å². The van der Waals surface area contributed by atoms with Crippen molar-refractivity contribution in [2.24, 2.45) is 0 Å². The molecule has 0 bridgehead atoms. The van der Waals surface area contributed by atoms with Gasteiger partial charge in [-0.25, -0.2) is 4.79 Å². The maximum Gasteiger partial charge on any atom is 0.323 e. The molecular weight excluding hydrogens is 610 g/mol. The number of phenolic OH excluding ortho intramolecular Hbond substituents is 1. The molecule has 10 heteroatoms. The van der Waals surface area contributed by atoms with Gasteiger partial charge in [0.05, 0.1) is 23.4 Å².